The van der Waals surface area contributed by atoms with Gasteiger partial charge < -0.3 is 106 Å². The molecule has 0 aromatic heterocycles. The SMILES string of the molecule is COC1C(OC)[C@@H](OC)C(CCO)O[C@H]1O[C@H]1C(CCO)O[C@@H](OCCO[C@@H]2OC(CCO)[C@H](O[C@@H]3OC(CCO)[C@@H](OC)[C@@H](OC)C3OC)[C@@H](OC)C2OC)C(O)C1OC. The zero-order valence-corrected chi connectivity index (χ0v) is 36.8. The molecule has 22 heteroatoms. The van der Waals surface area contributed by atoms with Gasteiger partial charge in [0.1, 0.15) is 73.2 Å². The van der Waals surface area contributed by atoms with E-state index in [9.17, 15) is 25.5 Å². The topological polar surface area (TPSA) is 258 Å². The van der Waals surface area contributed by atoms with Crippen molar-refractivity contribution >= 4 is 0 Å². The highest BCUT2D eigenvalue weighted by Gasteiger charge is 2.55. The highest BCUT2D eigenvalue weighted by molar-refractivity contribution is 4.98. The second kappa shape index (κ2) is 26.9. The van der Waals surface area contributed by atoms with Crippen LogP contribution in [0, 0.1) is 0 Å². The first-order chi connectivity index (χ1) is 29.6. The molecule has 4 fully saturated rings. The average molecular weight is 893 g/mol. The first-order valence-electron chi connectivity index (χ1n) is 20.7. The van der Waals surface area contributed by atoms with E-state index in [0.29, 0.717) is 0 Å². The standard InChI is InChI=1S/C39H72O22/c1-45-25-20(10-14-40)58-38(34(52-8)30(25)48-4)60-27-22(12-16-42)56-36(24(44)29(27)47-3)54-18-19-55-37-33(51-7)32(50-6)28(23(57-37)13-17-43)61-39-35(53-9)31(49-5)26(46-2)21(59-39)11-15-41/h20-44H,10-19H2,1-9H3/t20?,21?,22?,23?,24?,25-,26+,27-,28-,29?,30?,31+,32+,33?,34?,35?,36+,37+,38-,39-/m0/s1. The Labute approximate surface area is 357 Å². The molecule has 10 unspecified atom stereocenters. The molecule has 4 saturated heterocycles. The molecule has 0 aromatic carbocycles. The molecule has 360 valence electrons. The maximum atomic E-state index is 11.5. The highest BCUT2D eigenvalue weighted by Crippen LogP contribution is 2.37. The number of aliphatic hydroxyl groups is 5. The molecule has 20 atom stereocenters. The Bertz CT molecular complexity index is 1180. The molecule has 22 nitrogen and oxygen atoms in total. The summed E-state index contributed by atoms with van der Waals surface area (Å²) in [6, 6.07) is 0. The van der Waals surface area contributed by atoms with Gasteiger partial charge in [0.05, 0.1) is 37.6 Å². The van der Waals surface area contributed by atoms with Crippen molar-refractivity contribution in [2.45, 2.75) is 149 Å². The normalized spacial score (nSPS) is 42.2. The molecule has 0 bridgehead atoms. The van der Waals surface area contributed by atoms with Gasteiger partial charge in [-0.25, -0.2) is 0 Å². The Morgan fingerprint density at radius 3 is 0.967 bits per heavy atom. The number of aliphatic hydroxyl groups excluding tert-OH is 5. The summed E-state index contributed by atoms with van der Waals surface area (Å²) in [5.74, 6) is 0. The third-order valence-electron chi connectivity index (χ3n) is 11.7. The zero-order valence-electron chi connectivity index (χ0n) is 36.8. The van der Waals surface area contributed by atoms with Gasteiger partial charge >= 0.3 is 0 Å². The van der Waals surface area contributed by atoms with Crippen LogP contribution in [0.5, 0.6) is 0 Å². The van der Waals surface area contributed by atoms with E-state index in [1.165, 1.54) is 64.0 Å². The van der Waals surface area contributed by atoms with Crippen LogP contribution in [-0.4, -0.2) is 252 Å². The minimum atomic E-state index is -1.37. The molecule has 4 aliphatic rings. The van der Waals surface area contributed by atoms with Crippen molar-refractivity contribution in [2.24, 2.45) is 0 Å². The Hall–Kier alpha value is -0.880. The predicted octanol–water partition coefficient (Wildman–Crippen LogP) is -2.28. The van der Waals surface area contributed by atoms with Crippen molar-refractivity contribution in [3.05, 3.63) is 0 Å². The number of ether oxygens (including phenoxy) is 17. The molecule has 5 N–H and O–H groups in total. The lowest BCUT2D eigenvalue weighted by molar-refractivity contribution is -0.369. The van der Waals surface area contributed by atoms with Gasteiger partial charge in [-0.05, 0) is 25.7 Å². The molecule has 4 rings (SSSR count). The van der Waals surface area contributed by atoms with Gasteiger partial charge in [-0.15, -0.1) is 0 Å². The summed E-state index contributed by atoms with van der Waals surface area (Å²) < 4.78 is 102. The Morgan fingerprint density at radius 2 is 0.607 bits per heavy atom. The van der Waals surface area contributed by atoms with E-state index < -0.39 is 123 Å². The van der Waals surface area contributed by atoms with Crippen LogP contribution in [0.2, 0.25) is 0 Å². The van der Waals surface area contributed by atoms with Crippen LogP contribution in [-0.2, 0) is 80.5 Å². The molecule has 0 saturated carbocycles. The summed E-state index contributed by atoms with van der Waals surface area (Å²) in [5.41, 5.74) is 0. The van der Waals surface area contributed by atoms with Gasteiger partial charge in [-0.3, -0.25) is 0 Å². The van der Waals surface area contributed by atoms with Crippen LogP contribution in [0.3, 0.4) is 0 Å². The molecule has 0 amide bonds. The molecule has 0 radical (unpaired) electrons. The van der Waals surface area contributed by atoms with E-state index in [2.05, 4.69) is 0 Å². The summed E-state index contributed by atoms with van der Waals surface area (Å²) in [6.45, 7) is -1.06. The average Bonchev–Trinajstić information content (AvgIpc) is 3.26. The first-order valence-corrected chi connectivity index (χ1v) is 20.7. The van der Waals surface area contributed by atoms with Gasteiger partial charge in [0.15, 0.2) is 25.2 Å². The molecular weight excluding hydrogens is 820 g/mol. The van der Waals surface area contributed by atoms with Gasteiger partial charge in [0, 0.05) is 90.4 Å². The van der Waals surface area contributed by atoms with E-state index in [0.717, 1.165) is 0 Å². The summed E-state index contributed by atoms with van der Waals surface area (Å²) in [7, 11) is 13.4. The van der Waals surface area contributed by atoms with Crippen LogP contribution in [0.1, 0.15) is 25.7 Å². The summed E-state index contributed by atoms with van der Waals surface area (Å²) in [4.78, 5) is 0. The lowest BCUT2D eigenvalue weighted by Gasteiger charge is -2.49. The molecule has 0 aromatic rings. The van der Waals surface area contributed by atoms with Crippen molar-refractivity contribution in [1.29, 1.82) is 0 Å². The van der Waals surface area contributed by atoms with Gasteiger partial charge in [0.25, 0.3) is 0 Å². The van der Waals surface area contributed by atoms with E-state index in [-0.39, 0.29) is 65.3 Å². The van der Waals surface area contributed by atoms with Gasteiger partial charge in [-0.2, -0.15) is 0 Å². The Morgan fingerprint density at radius 1 is 0.328 bits per heavy atom. The lowest BCUT2D eigenvalue weighted by Crippen LogP contribution is -2.65. The van der Waals surface area contributed by atoms with Crippen LogP contribution in [0.4, 0.5) is 0 Å². The summed E-state index contributed by atoms with van der Waals surface area (Å²) in [5, 5.41) is 51.1. The second-order valence-corrected chi connectivity index (χ2v) is 15.0. The third kappa shape index (κ3) is 12.5. The highest BCUT2D eigenvalue weighted by atomic mass is 16.8. The predicted molar refractivity (Wildman–Crippen MR) is 206 cm³/mol. The lowest BCUT2D eigenvalue weighted by atomic mass is 9.94. The van der Waals surface area contributed by atoms with Crippen LogP contribution < -0.4 is 0 Å². The molecule has 0 spiro atoms. The maximum Gasteiger partial charge on any atom is 0.187 e. The molecule has 4 aliphatic heterocycles. The Kier molecular flexibility index (Phi) is 23.3. The van der Waals surface area contributed by atoms with Crippen LogP contribution >= 0.6 is 0 Å². The van der Waals surface area contributed by atoms with Crippen molar-refractivity contribution in [2.75, 3.05) is 104 Å². The number of hydrogen-bond acceptors (Lipinski definition) is 22. The molecular formula is C39H72O22. The fourth-order valence-corrected chi connectivity index (χ4v) is 8.82. The van der Waals surface area contributed by atoms with Crippen LogP contribution in [0.25, 0.3) is 0 Å². The zero-order chi connectivity index (χ0) is 44.6. The smallest absolute Gasteiger partial charge is 0.187 e. The molecule has 0 aliphatic carbocycles. The minimum absolute atomic E-state index is 0.0713. The fourth-order valence-electron chi connectivity index (χ4n) is 8.82. The maximum absolute atomic E-state index is 11.5. The van der Waals surface area contributed by atoms with Crippen molar-refractivity contribution < 1.29 is 106 Å². The first kappa shape index (κ1) is 52.7. The molecule has 4 heterocycles. The number of rotatable bonds is 26. The molecule has 61 heavy (non-hydrogen) atoms. The van der Waals surface area contributed by atoms with Crippen molar-refractivity contribution in [3.63, 3.8) is 0 Å². The summed E-state index contributed by atoms with van der Waals surface area (Å²) >= 11 is 0. The second-order valence-electron chi connectivity index (χ2n) is 15.0. The fraction of sp³-hybridized carbons (Fsp3) is 1.00. The van der Waals surface area contributed by atoms with E-state index in [1.54, 1.807) is 0 Å². The number of methoxy groups -OCH3 is 9. The van der Waals surface area contributed by atoms with E-state index >= 15 is 0 Å². The van der Waals surface area contributed by atoms with E-state index in [4.69, 9.17) is 80.5 Å². The summed E-state index contributed by atoms with van der Waals surface area (Å²) in [6.07, 6.45) is -16.3. The quantitative estimate of drug-likeness (QED) is 0.0573. The van der Waals surface area contributed by atoms with Crippen LogP contribution in [0.15, 0.2) is 0 Å². The van der Waals surface area contributed by atoms with Gasteiger partial charge in [0.2, 0.25) is 0 Å². The monoisotopic (exact) mass is 892 g/mol. The largest absolute Gasteiger partial charge is 0.396 e. The number of hydrogen-bond donors (Lipinski definition) is 5. The minimum Gasteiger partial charge on any atom is -0.396 e. The Balaban J connectivity index is 1.43. The third-order valence-corrected chi connectivity index (χ3v) is 11.7. The van der Waals surface area contributed by atoms with Crippen molar-refractivity contribution in [1.82, 2.24) is 0 Å². The van der Waals surface area contributed by atoms with Gasteiger partial charge in [-0.1, -0.05) is 0 Å². The van der Waals surface area contributed by atoms with E-state index in [1.807, 2.05) is 0 Å². The van der Waals surface area contributed by atoms with Crippen molar-refractivity contribution in [3.8, 4) is 0 Å².